The minimum absolute atomic E-state index is 0.362. The van der Waals surface area contributed by atoms with E-state index < -0.39 is 6.04 Å². The molecular weight excluding hydrogens is 348 g/mol. The molecule has 0 aliphatic carbocycles. The van der Waals surface area contributed by atoms with E-state index in [1.165, 1.54) is 17.4 Å². The average Bonchev–Trinajstić information content (AvgIpc) is 2.60. The van der Waals surface area contributed by atoms with E-state index in [1.54, 1.807) is 18.2 Å². The van der Waals surface area contributed by atoms with E-state index in [4.69, 9.17) is 28.9 Å². The molecular formula is C11H7BrCl2FNS. The summed E-state index contributed by atoms with van der Waals surface area (Å²) in [5.74, 6) is -0.362. The molecule has 1 heterocycles. The Morgan fingerprint density at radius 2 is 1.94 bits per heavy atom. The number of nitrogens with two attached hydrogens (primary N) is 1. The van der Waals surface area contributed by atoms with Crippen molar-refractivity contribution in [3.05, 3.63) is 54.4 Å². The summed E-state index contributed by atoms with van der Waals surface area (Å²) in [6, 6.07) is 5.67. The summed E-state index contributed by atoms with van der Waals surface area (Å²) >= 11 is 16.3. The van der Waals surface area contributed by atoms with Crippen LogP contribution in [0.4, 0.5) is 4.39 Å². The first kappa shape index (κ1) is 13.3. The molecule has 2 rings (SSSR count). The molecule has 1 aromatic carbocycles. The molecule has 0 saturated carbocycles. The number of rotatable bonds is 2. The Morgan fingerprint density at radius 1 is 1.24 bits per heavy atom. The van der Waals surface area contributed by atoms with Crippen molar-refractivity contribution >= 4 is 50.5 Å². The zero-order valence-corrected chi connectivity index (χ0v) is 12.3. The number of benzene rings is 1. The van der Waals surface area contributed by atoms with Gasteiger partial charge in [0.05, 0.1) is 14.7 Å². The van der Waals surface area contributed by atoms with Crippen LogP contribution in [0.25, 0.3) is 0 Å². The second-order valence-corrected chi connectivity index (χ2v) is 6.62. The summed E-state index contributed by atoms with van der Waals surface area (Å²) in [7, 11) is 0. The van der Waals surface area contributed by atoms with Gasteiger partial charge in [0.15, 0.2) is 0 Å². The zero-order chi connectivity index (χ0) is 12.6. The quantitative estimate of drug-likeness (QED) is 0.806. The van der Waals surface area contributed by atoms with Crippen LogP contribution in [0.1, 0.15) is 17.2 Å². The van der Waals surface area contributed by atoms with Crippen LogP contribution in [0.5, 0.6) is 0 Å². The van der Waals surface area contributed by atoms with Crippen molar-refractivity contribution in [3.63, 3.8) is 0 Å². The summed E-state index contributed by atoms with van der Waals surface area (Å²) < 4.78 is 15.5. The molecule has 0 bridgehead atoms. The minimum Gasteiger partial charge on any atom is -0.320 e. The summed E-state index contributed by atoms with van der Waals surface area (Å²) in [5, 5.41) is 0. The Hall–Kier alpha value is -0.130. The van der Waals surface area contributed by atoms with Crippen molar-refractivity contribution in [2.45, 2.75) is 6.04 Å². The van der Waals surface area contributed by atoms with Gasteiger partial charge in [0.25, 0.3) is 0 Å². The molecule has 0 radical (unpaired) electrons. The SMILES string of the molecule is NC(c1cc(Br)ccc1F)c1cc(Cl)sc1Cl. The second kappa shape index (κ2) is 5.24. The molecule has 0 spiro atoms. The van der Waals surface area contributed by atoms with E-state index >= 15 is 0 Å². The Bertz CT molecular complexity index is 558. The third-order valence-electron chi connectivity index (χ3n) is 2.31. The molecule has 90 valence electrons. The van der Waals surface area contributed by atoms with E-state index in [0.717, 1.165) is 4.47 Å². The van der Waals surface area contributed by atoms with Crippen LogP contribution in [0, 0.1) is 5.82 Å². The van der Waals surface area contributed by atoms with Gasteiger partial charge in [0, 0.05) is 15.6 Å². The van der Waals surface area contributed by atoms with E-state index in [9.17, 15) is 4.39 Å². The fourth-order valence-corrected chi connectivity index (χ4v) is 3.41. The summed E-state index contributed by atoms with van der Waals surface area (Å²) in [6.45, 7) is 0. The van der Waals surface area contributed by atoms with Gasteiger partial charge in [0.1, 0.15) is 5.82 Å². The molecule has 2 aromatic rings. The smallest absolute Gasteiger partial charge is 0.128 e. The second-order valence-electron chi connectivity index (χ2n) is 3.42. The number of thiophene rings is 1. The first-order valence-electron chi connectivity index (χ1n) is 4.64. The maximum Gasteiger partial charge on any atom is 0.128 e. The molecule has 17 heavy (non-hydrogen) atoms. The summed E-state index contributed by atoms with van der Waals surface area (Å²) in [6.07, 6.45) is 0. The topological polar surface area (TPSA) is 26.0 Å². The van der Waals surface area contributed by atoms with Crippen LogP contribution in [0.3, 0.4) is 0 Å². The Morgan fingerprint density at radius 3 is 2.53 bits per heavy atom. The normalized spacial score (nSPS) is 12.8. The van der Waals surface area contributed by atoms with E-state index in [2.05, 4.69) is 15.9 Å². The first-order valence-corrected chi connectivity index (χ1v) is 7.01. The highest BCUT2D eigenvalue weighted by Gasteiger charge is 2.19. The van der Waals surface area contributed by atoms with Crippen LogP contribution in [-0.4, -0.2) is 0 Å². The van der Waals surface area contributed by atoms with Crippen molar-refractivity contribution < 1.29 is 4.39 Å². The highest BCUT2D eigenvalue weighted by molar-refractivity contribution is 9.10. The molecule has 1 aromatic heterocycles. The van der Waals surface area contributed by atoms with Gasteiger partial charge in [0.2, 0.25) is 0 Å². The summed E-state index contributed by atoms with van der Waals surface area (Å²) in [4.78, 5) is 0. The molecule has 1 nitrogen and oxygen atoms in total. The minimum atomic E-state index is -0.622. The van der Waals surface area contributed by atoms with Gasteiger partial charge in [-0.2, -0.15) is 0 Å². The third kappa shape index (κ3) is 2.83. The molecule has 0 saturated heterocycles. The maximum atomic E-state index is 13.7. The van der Waals surface area contributed by atoms with Crippen molar-refractivity contribution in [2.75, 3.05) is 0 Å². The van der Waals surface area contributed by atoms with Crippen molar-refractivity contribution in [1.82, 2.24) is 0 Å². The molecule has 6 heteroatoms. The molecule has 0 aliphatic heterocycles. The third-order valence-corrected chi connectivity index (χ3v) is 4.32. The van der Waals surface area contributed by atoms with E-state index in [-0.39, 0.29) is 5.82 Å². The van der Waals surface area contributed by atoms with Crippen molar-refractivity contribution in [3.8, 4) is 0 Å². The zero-order valence-electron chi connectivity index (χ0n) is 8.38. The predicted octanol–water partition coefficient (Wildman–Crippen LogP) is 5.00. The van der Waals surface area contributed by atoms with Crippen LogP contribution in [0.2, 0.25) is 8.67 Å². The fraction of sp³-hybridized carbons (Fsp3) is 0.0909. The number of hydrogen-bond donors (Lipinski definition) is 1. The van der Waals surface area contributed by atoms with Gasteiger partial charge in [-0.1, -0.05) is 39.1 Å². The lowest BCUT2D eigenvalue weighted by molar-refractivity contribution is 0.599. The number of hydrogen-bond acceptors (Lipinski definition) is 2. The van der Waals surface area contributed by atoms with Crippen LogP contribution in [-0.2, 0) is 0 Å². The molecule has 1 atom stereocenters. The summed E-state index contributed by atoms with van der Waals surface area (Å²) in [5.41, 5.74) is 7.03. The van der Waals surface area contributed by atoms with Crippen LogP contribution in [0.15, 0.2) is 28.7 Å². The molecule has 2 N–H and O–H groups in total. The highest BCUT2D eigenvalue weighted by atomic mass is 79.9. The Labute approximate surface area is 120 Å². The average molecular weight is 355 g/mol. The first-order chi connectivity index (χ1) is 7.99. The van der Waals surface area contributed by atoms with Crippen molar-refractivity contribution in [1.29, 1.82) is 0 Å². The maximum absolute atomic E-state index is 13.7. The van der Waals surface area contributed by atoms with Crippen LogP contribution >= 0.6 is 50.5 Å². The lowest BCUT2D eigenvalue weighted by Crippen LogP contribution is -2.13. The van der Waals surface area contributed by atoms with Crippen molar-refractivity contribution in [2.24, 2.45) is 5.73 Å². The van der Waals surface area contributed by atoms with Gasteiger partial charge >= 0.3 is 0 Å². The highest BCUT2D eigenvalue weighted by Crippen LogP contribution is 2.37. The molecule has 1 unspecified atom stereocenters. The monoisotopic (exact) mass is 353 g/mol. The molecule has 0 amide bonds. The Kier molecular flexibility index (Phi) is 4.10. The van der Waals surface area contributed by atoms with Crippen LogP contribution < -0.4 is 5.73 Å². The van der Waals surface area contributed by atoms with Gasteiger partial charge < -0.3 is 5.73 Å². The van der Waals surface area contributed by atoms with E-state index in [1.807, 2.05) is 0 Å². The molecule has 0 fully saturated rings. The Balaban J connectivity index is 2.46. The van der Waals surface area contributed by atoms with Gasteiger partial charge in [-0.3, -0.25) is 0 Å². The van der Waals surface area contributed by atoms with Gasteiger partial charge in [-0.05, 0) is 24.3 Å². The van der Waals surface area contributed by atoms with E-state index in [0.29, 0.717) is 19.8 Å². The molecule has 0 aliphatic rings. The van der Waals surface area contributed by atoms with Gasteiger partial charge in [-0.25, -0.2) is 4.39 Å². The lowest BCUT2D eigenvalue weighted by Gasteiger charge is -2.12. The lowest BCUT2D eigenvalue weighted by atomic mass is 10.0. The largest absolute Gasteiger partial charge is 0.320 e. The number of halogens is 4. The standard InChI is InChI=1S/C11H7BrCl2FNS/c12-5-1-2-8(15)6(3-5)10(16)7-4-9(13)17-11(7)14/h1-4,10H,16H2. The van der Waals surface area contributed by atoms with Gasteiger partial charge in [-0.15, -0.1) is 11.3 Å². The fourth-order valence-electron chi connectivity index (χ4n) is 1.49. The predicted molar refractivity (Wildman–Crippen MR) is 74.5 cm³/mol.